The quantitative estimate of drug-likeness (QED) is 0.398. The maximum Gasteiger partial charge on any atom is 0.332 e. The number of halogens is 3. The number of hydrogen-bond acceptors (Lipinski definition) is 6. The second-order valence-electron chi connectivity index (χ2n) is 7.18. The maximum absolute atomic E-state index is 13.8. The topological polar surface area (TPSA) is 116 Å². The van der Waals surface area contributed by atoms with Crippen molar-refractivity contribution >= 4 is 22.8 Å². The molecule has 13 heteroatoms. The van der Waals surface area contributed by atoms with Gasteiger partial charge in [-0.2, -0.15) is 9.78 Å². The van der Waals surface area contributed by atoms with Gasteiger partial charge in [0.15, 0.2) is 17.0 Å². The molecule has 4 rings (SSSR count). The second-order valence-corrected chi connectivity index (χ2v) is 7.54. The molecule has 4 aromatic rings. The van der Waals surface area contributed by atoms with E-state index in [4.69, 9.17) is 11.6 Å². The van der Waals surface area contributed by atoms with Crippen molar-refractivity contribution in [1.29, 1.82) is 0 Å². The van der Waals surface area contributed by atoms with E-state index in [1.54, 1.807) is 0 Å². The average Bonchev–Trinajstić information content (AvgIpc) is 3.36. The van der Waals surface area contributed by atoms with Crippen LogP contribution in [-0.2, 0) is 26.1 Å². The molecule has 0 spiro atoms. The van der Waals surface area contributed by atoms with Crippen LogP contribution in [0.15, 0.2) is 27.8 Å². The Bertz CT molecular complexity index is 1390. The van der Waals surface area contributed by atoms with Crippen LogP contribution in [0.5, 0.6) is 0 Å². The lowest BCUT2D eigenvalue weighted by molar-refractivity contribution is 0.452. The number of aryl methyl sites for hydroxylation is 2. The third-order valence-corrected chi connectivity index (χ3v) is 5.06. The molecule has 3 heterocycles. The minimum absolute atomic E-state index is 0.0380. The van der Waals surface area contributed by atoms with Crippen LogP contribution in [0.1, 0.15) is 31.2 Å². The summed E-state index contributed by atoms with van der Waals surface area (Å²) in [6, 6.07) is 3.29. The molecule has 0 saturated heterocycles. The van der Waals surface area contributed by atoms with E-state index >= 15 is 0 Å². The predicted molar refractivity (Wildman–Crippen MR) is 112 cm³/mol. The fraction of sp³-hybridized carbons (Fsp3) is 0.368. The zero-order chi connectivity index (χ0) is 22.8. The van der Waals surface area contributed by atoms with Crippen molar-refractivity contribution in [2.45, 2.75) is 45.8 Å². The van der Waals surface area contributed by atoms with Gasteiger partial charge in [0.1, 0.15) is 11.6 Å². The first-order valence-corrected chi connectivity index (χ1v) is 10.3. The molecule has 0 bridgehead atoms. The van der Waals surface area contributed by atoms with Gasteiger partial charge in [-0.15, -0.1) is 10.2 Å². The van der Waals surface area contributed by atoms with Crippen LogP contribution in [0, 0.1) is 11.6 Å². The monoisotopic (exact) mass is 464 g/mol. The van der Waals surface area contributed by atoms with E-state index in [9.17, 15) is 18.4 Å². The van der Waals surface area contributed by atoms with Gasteiger partial charge in [0, 0.05) is 25.6 Å². The van der Waals surface area contributed by atoms with Crippen molar-refractivity contribution in [1.82, 2.24) is 39.3 Å². The van der Waals surface area contributed by atoms with Crippen molar-refractivity contribution in [3.63, 3.8) is 0 Å². The number of H-pyrrole nitrogens is 1. The summed E-state index contributed by atoms with van der Waals surface area (Å²) in [7, 11) is 0. The Balaban J connectivity index is 1.48. The maximum atomic E-state index is 13.8. The second kappa shape index (κ2) is 8.99. The molecule has 0 saturated carbocycles. The summed E-state index contributed by atoms with van der Waals surface area (Å²) in [5.74, 6) is -1.07. The number of tetrazole rings is 1. The lowest BCUT2D eigenvalue weighted by Crippen LogP contribution is -2.40. The standard InChI is InChI=1S/C19H19ClF2N8O2/c1-2-6-28-16-15(23-18(20)24-16)17(31)29(19(28)32)7-3-8-30-26-14(25-27-30)9-11-4-5-12(21)10-13(11)22/h4-5,10H,2-3,6-9H2,1H3,(H,23,24). The number of hydrogen-bond donors (Lipinski definition) is 1. The molecular formula is C19H19ClF2N8O2. The Morgan fingerprint density at radius 3 is 2.69 bits per heavy atom. The molecule has 0 radical (unpaired) electrons. The first-order chi connectivity index (χ1) is 15.4. The molecule has 0 amide bonds. The largest absolute Gasteiger partial charge is 0.332 e. The number of aromatic amines is 1. The molecule has 0 aliphatic rings. The summed E-state index contributed by atoms with van der Waals surface area (Å²) in [5.41, 5.74) is -0.313. The molecule has 3 aromatic heterocycles. The van der Waals surface area contributed by atoms with Crippen LogP contribution in [0.4, 0.5) is 8.78 Å². The summed E-state index contributed by atoms with van der Waals surface area (Å²) in [6.07, 6.45) is 1.11. The van der Waals surface area contributed by atoms with Crippen LogP contribution in [0.2, 0.25) is 5.28 Å². The van der Waals surface area contributed by atoms with E-state index in [0.29, 0.717) is 19.4 Å². The molecule has 0 aliphatic heterocycles. The number of nitrogens with one attached hydrogen (secondary N) is 1. The number of rotatable bonds is 8. The Kier molecular flexibility index (Phi) is 6.12. The molecule has 32 heavy (non-hydrogen) atoms. The van der Waals surface area contributed by atoms with Gasteiger partial charge in [-0.3, -0.25) is 13.9 Å². The highest BCUT2D eigenvalue weighted by molar-refractivity contribution is 6.28. The minimum Gasteiger partial charge on any atom is -0.323 e. The molecule has 168 valence electrons. The summed E-state index contributed by atoms with van der Waals surface area (Å²) in [6.45, 7) is 2.70. The number of nitrogens with zero attached hydrogens (tertiary/aromatic N) is 7. The Morgan fingerprint density at radius 1 is 1.12 bits per heavy atom. The first kappa shape index (κ1) is 21.8. The van der Waals surface area contributed by atoms with E-state index in [2.05, 4.69) is 25.4 Å². The van der Waals surface area contributed by atoms with Gasteiger partial charge in [-0.1, -0.05) is 13.0 Å². The van der Waals surface area contributed by atoms with Gasteiger partial charge in [0.25, 0.3) is 5.56 Å². The van der Waals surface area contributed by atoms with Crippen LogP contribution in [0.25, 0.3) is 11.2 Å². The highest BCUT2D eigenvalue weighted by Gasteiger charge is 2.16. The molecule has 10 nitrogen and oxygen atoms in total. The average molecular weight is 465 g/mol. The molecular weight excluding hydrogens is 446 g/mol. The zero-order valence-corrected chi connectivity index (χ0v) is 17.8. The zero-order valence-electron chi connectivity index (χ0n) is 17.1. The predicted octanol–water partition coefficient (Wildman–Crippen LogP) is 1.90. The van der Waals surface area contributed by atoms with Crippen molar-refractivity contribution in [2.24, 2.45) is 0 Å². The van der Waals surface area contributed by atoms with Crippen LogP contribution in [0.3, 0.4) is 0 Å². The van der Waals surface area contributed by atoms with Crippen molar-refractivity contribution < 1.29 is 8.78 Å². The third kappa shape index (κ3) is 4.31. The normalized spacial score (nSPS) is 11.5. The van der Waals surface area contributed by atoms with Crippen molar-refractivity contribution in [3.05, 3.63) is 67.3 Å². The lowest BCUT2D eigenvalue weighted by Gasteiger charge is -2.10. The summed E-state index contributed by atoms with van der Waals surface area (Å²) in [5, 5.41) is 12.0. The molecule has 1 N–H and O–H groups in total. The van der Waals surface area contributed by atoms with Gasteiger partial charge in [0.2, 0.25) is 5.28 Å². The lowest BCUT2D eigenvalue weighted by atomic mass is 10.1. The first-order valence-electron chi connectivity index (χ1n) is 9.96. The Labute approximate surface area is 184 Å². The van der Waals surface area contributed by atoms with Crippen LogP contribution in [-0.4, -0.2) is 39.3 Å². The molecule has 0 fully saturated rings. The van der Waals surface area contributed by atoms with Gasteiger partial charge >= 0.3 is 5.69 Å². The van der Waals surface area contributed by atoms with Gasteiger partial charge < -0.3 is 4.98 Å². The SMILES string of the molecule is CCCn1c(=O)n(CCCn2nnc(Cc3ccc(F)cc3F)n2)c(=O)c2[nH]c(Cl)nc21. The Hall–Kier alpha value is -3.41. The van der Waals surface area contributed by atoms with E-state index in [0.717, 1.165) is 16.7 Å². The highest BCUT2D eigenvalue weighted by Crippen LogP contribution is 2.12. The van der Waals surface area contributed by atoms with Gasteiger partial charge in [0.05, 0.1) is 6.54 Å². The third-order valence-electron chi connectivity index (χ3n) is 4.88. The van der Waals surface area contributed by atoms with E-state index in [-0.39, 0.29) is 47.3 Å². The molecule has 0 aliphatic carbocycles. The molecule has 1 aromatic carbocycles. The van der Waals surface area contributed by atoms with Crippen LogP contribution < -0.4 is 11.2 Å². The smallest absolute Gasteiger partial charge is 0.323 e. The number of imidazole rings is 1. The Morgan fingerprint density at radius 2 is 1.94 bits per heavy atom. The summed E-state index contributed by atoms with van der Waals surface area (Å²) >= 11 is 5.90. The van der Waals surface area contributed by atoms with Crippen molar-refractivity contribution in [3.8, 4) is 0 Å². The van der Waals surface area contributed by atoms with E-state index in [1.165, 1.54) is 15.4 Å². The van der Waals surface area contributed by atoms with Crippen molar-refractivity contribution in [2.75, 3.05) is 0 Å². The number of fused-ring (bicyclic) bond motifs is 1. The van der Waals surface area contributed by atoms with Crippen LogP contribution >= 0.6 is 11.6 Å². The summed E-state index contributed by atoms with van der Waals surface area (Å²) < 4.78 is 29.4. The van der Waals surface area contributed by atoms with E-state index < -0.39 is 22.9 Å². The minimum atomic E-state index is -0.682. The molecule has 0 atom stereocenters. The number of benzene rings is 1. The van der Waals surface area contributed by atoms with E-state index in [1.807, 2.05) is 6.92 Å². The summed E-state index contributed by atoms with van der Waals surface area (Å²) in [4.78, 5) is 33.6. The highest BCUT2D eigenvalue weighted by atomic mass is 35.5. The van der Waals surface area contributed by atoms with Gasteiger partial charge in [-0.25, -0.2) is 13.6 Å². The fourth-order valence-electron chi connectivity index (χ4n) is 3.41. The van der Waals surface area contributed by atoms with Gasteiger partial charge in [-0.05, 0) is 41.3 Å². The number of aromatic nitrogens is 8. The molecule has 0 unspecified atom stereocenters. The fourth-order valence-corrected chi connectivity index (χ4v) is 3.58.